The number of alkyl halides is 3. The molecule has 2 aromatic heterocycles. The highest BCUT2D eigenvalue weighted by molar-refractivity contribution is 7.21. The summed E-state index contributed by atoms with van der Waals surface area (Å²) in [5.41, 5.74) is 3.02. The van der Waals surface area contributed by atoms with Gasteiger partial charge in [0.05, 0.1) is 15.8 Å². The molecular formula is C26H19F3N4O2S. The normalized spacial score (nSPS) is 11.6. The van der Waals surface area contributed by atoms with E-state index in [0.717, 1.165) is 32.9 Å². The van der Waals surface area contributed by atoms with Crippen molar-refractivity contribution >= 4 is 33.1 Å². The fourth-order valence-corrected chi connectivity index (χ4v) is 4.57. The van der Waals surface area contributed by atoms with Crippen LogP contribution in [0.4, 0.5) is 18.9 Å². The van der Waals surface area contributed by atoms with Gasteiger partial charge in [-0.25, -0.2) is 9.67 Å². The molecule has 3 aromatic carbocycles. The van der Waals surface area contributed by atoms with Crippen LogP contribution in [0.3, 0.4) is 0 Å². The maximum atomic E-state index is 12.8. The molecule has 0 aliphatic carbocycles. The molecule has 1 N–H and O–H groups in total. The van der Waals surface area contributed by atoms with E-state index >= 15 is 0 Å². The number of halogens is 3. The van der Waals surface area contributed by atoms with Crippen LogP contribution >= 0.6 is 11.3 Å². The van der Waals surface area contributed by atoms with Crippen molar-refractivity contribution in [3.8, 4) is 16.3 Å². The fraction of sp³-hybridized carbons (Fsp3) is 0.115. The van der Waals surface area contributed by atoms with Crippen LogP contribution in [-0.2, 0) is 12.9 Å². The minimum absolute atomic E-state index is 0.0506. The maximum absolute atomic E-state index is 12.8. The second-order valence-electron chi connectivity index (χ2n) is 8.06. The Kier molecular flexibility index (Phi) is 6.19. The number of benzene rings is 3. The number of hydrogen-bond acceptors (Lipinski definition) is 5. The first-order valence-corrected chi connectivity index (χ1v) is 11.7. The Labute approximate surface area is 208 Å². The summed E-state index contributed by atoms with van der Waals surface area (Å²) in [6.07, 6.45) is -2.94. The van der Waals surface area contributed by atoms with E-state index in [0.29, 0.717) is 5.69 Å². The summed E-state index contributed by atoms with van der Waals surface area (Å²) in [7, 11) is 0. The predicted molar refractivity (Wildman–Crippen MR) is 132 cm³/mol. The van der Waals surface area contributed by atoms with Gasteiger partial charge in [0.1, 0.15) is 10.8 Å². The molecule has 0 saturated heterocycles. The number of fused-ring (bicyclic) bond motifs is 1. The summed E-state index contributed by atoms with van der Waals surface area (Å²) in [6, 6.07) is 19.6. The molecule has 0 aliphatic rings. The van der Waals surface area contributed by atoms with E-state index in [2.05, 4.69) is 21.5 Å². The molecular weight excluding hydrogens is 489 g/mol. The Bertz CT molecular complexity index is 1540. The third-order valence-corrected chi connectivity index (χ3v) is 6.40. The first-order chi connectivity index (χ1) is 17.2. The highest BCUT2D eigenvalue weighted by atomic mass is 32.1. The van der Waals surface area contributed by atoms with Gasteiger partial charge in [-0.15, -0.1) is 11.3 Å². The van der Waals surface area contributed by atoms with Crippen LogP contribution in [0.25, 0.3) is 20.8 Å². The zero-order chi connectivity index (χ0) is 25.3. The van der Waals surface area contributed by atoms with Gasteiger partial charge in [-0.2, -0.15) is 18.3 Å². The van der Waals surface area contributed by atoms with E-state index in [1.54, 1.807) is 23.5 Å². The molecule has 2 heterocycles. The van der Waals surface area contributed by atoms with Gasteiger partial charge in [0.2, 0.25) is 0 Å². The van der Waals surface area contributed by atoms with Gasteiger partial charge >= 0.3 is 6.18 Å². The van der Waals surface area contributed by atoms with Gasteiger partial charge in [0.15, 0.2) is 12.4 Å². The van der Waals surface area contributed by atoms with E-state index in [4.69, 9.17) is 4.74 Å². The third-order valence-electron chi connectivity index (χ3n) is 5.33. The number of aromatic nitrogens is 3. The number of carbonyl (C=O) groups excluding carboxylic acids is 1. The Morgan fingerprint density at radius 3 is 2.64 bits per heavy atom. The average molecular weight is 509 g/mol. The van der Waals surface area contributed by atoms with Crippen LogP contribution in [0.5, 0.6) is 5.75 Å². The summed E-state index contributed by atoms with van der Waals surface area (Å²) >= 11 is 1.61. The van der Waals surface area contributed by atoms with Crippen LogP contribution in [0.2, 0.25) is 0 Å². The number of nitrogens with zero attached hydrogens (tertiary/aromatic N) is 3. The van der Waals surface area contributed by atoms with Gasteiger partial charge in [-0.3, -0.25) is 4.79 Å². The molecule has 182 valence electrons. The highest BCUT2D eigenvalue weighted by Gasteiger charge is 2.30. The monoisotopic (exact) mass is 508 g/mol. The summed E-state index contributed by atoms with van der Waals surface area (Å²) in [5.74, 6) is -0.370. The van der Waals surface area contributed by atoms with Crippen LogP contribution in [0, 0.1) is 6.92 Å². The average Bonchev–Trinajstić information content (AvgIpc) is 3.50. The van der Waals surface area contributed by atoms with E-state index in [1.807, 2.05) is 31.2 Å². The molecule has 0 bridgehead atoms. The summed E-state index contributed by atoms with van der Waals surface area (Å²) in [6.45, 7) is 1.90. The number of anilines is 1. The summed E-state index contributed by atoms with van der Waals surface area (Å²) in [4.78, 5) is 17.3. The quantitative estimate of drug-likeness (QED) is 0.275. The number of carbonyl (C=O) groups is 1. The van der Waals surface area contributed by atoms with Gasteiger partial charge in [0, 0.05) is 17.4 Å². The van der Waals surface area contributed by atoms with Crippen molar-refractivity contribution in [2.75, 3.05) is 5.32 Å². The lowest BCUT2D eigenvalue weighted by Gasteiger charge is -2.10. The van der Waals surface area contributed by atoms with E-state index in [9.17, 15) is 18.0 Å². The van der Waals surface area contributed by atoms with Gasteiger partial charge < -0.3 is 10.1 Å². The number of thiazole rings is 1. The van der Waals surface area contributed by atoms with E-state index in [1.165, 1.54) is 34.6 Å². The SMILES string of the molecule is Cc1ccc2nc(-c3ccc(NC(=O)c4ccn(COc5cccc(C(F)(F)F)c5)n4)cc3)sc2c1. The first-order valence-electron chi connectivity index (χ1n) is 10.9. The molecule has 5 rings (SSSR count). The van der Waals surface area contributed by atoms with Crippen LogP contribution < -0.4 is 10.1 Å². The lowest BCUT2D eigenvalue weighted by atomic mass is 10.2. The van der Waals surface area contributed by atoms with Crippen molar-refractivity contribution in [2.45, 2.75) is 19.8 Å². The van der Waals surface area contributed by atoms with Crippen LogP contribution in [0.1, 0.15) is 21.6 Å². The van der Waals surface area contributed by atoms with Gasteiger partial charge in [-0.05, 0) is 73.2 Å². The second kappa shape index (κ2) is 9.46. The zero-order valence-corrected chi connectivity index (χ0v) is 19.7. The highest BCUT2D eigenvalue weighted by Crippen LogP contribution is 2.32. The third kappa shape index (κ3) is 5.23. The molecule has 0 fully saturated rings. The molecule has 0 radical (unpaired) electrons. The molecule has 0 aliphatic heterocycles. The Balaban J connectivity index is 1.21. The molecule has 36 heavy (non-hydrogen) atoms. The van der Waals surface area contributed by atoms with E-state index in [-0.39, 0.29) is 18.2 Å². The molecule has 5 aromatic rings. The Hall–Kier alpha value is -4.18. The molecule has 0 saturated carbocycles. The molecule has 0 spiro atoms. The minimum Gasteiger partial charge on any atom is -0.471 e. The second-order valence-corrected chi connectivity index (χ2v) is 9.09. The van der Waals surface area contributed by atoms with Crippen molar-refractivity contribution in [3.05, 3.63) is 95.8 Å². The maximum Gasteiger partial charge on any atom is 0.416 e. The Morgan fingerprint density at radius 2 is 1.86 bits per heavy atom. The molecule has 10 heteroatoms. The largest absolute Gasteiger partial charge is 0.471 e. The minimum atomic E-state index is -4.46. The lowest BCUT2D eigenvalue weighted by Crippen LogP contribution is -2.14. The number of rotatable bonds is 6. The summed E-state index contributed by atoms with van der Waals surface area (Å²) < 4.78 is 46.4. The van der Waals surface area contributed by atoms with Crippen molar-refractivity contribution in [2.24, 2.45) is 0 Å². The van der Waals surface area contributed by atoms with Gasteiger partial charge in [0.25, 0.3) is 5.91 Å². The van der Waals surface area contributed by atoms with Crippen molar-refractivity contribution in [1.82, 2.24) is 14.8 Å². The molecule has 0 unspecified atom stereocenters. The predicted octanol–water partition coefficient (Wildman–Crippen LogP) is 6.78. The van der Waals surface area contributed by atoms with Gasteiger partial charge in [-0.1, -0.05) is 12.1 Å². The number of ether oxygens (including phenoxy) is 1. The Morgan fingerprint density at radius 1 is 1.06 bits per heavy atom. The van der Waals surface area contributed by atoms with Crippen molar-refractivity contribution in [3.63, 3.8) is 0 Å². The number of hydrogen-bond donors (Lipinski definition) is 1. The zero-order valence-electron chi connectivity index (χ0n) is 18.9. The standard InChI is InChI=1S/C26H19F3N4O2S/c1-16-5-10-21-23(13-16)36-25(31-21)17-6-8-19(9-7-17)30-24(34)22-11-12-33(32-22)15-35-20-4-2-3-18(14-20)26(27,28)29/h2-14H,15H2,1H3,(H,30,34). The lowest BCUT2D eigenvalue weighted by molar-refractivity contribution is -0.137. The number of aryl methyl sites for hydroxylation is 1. The number of nitrogens with one attached hydrogen (secondary N) is 1. The fourth-order valence-electron chi connectivity index (χ4n) is 3.50. The van der Waals surface area contributed by atoms with Crippen molar-refractivity contribution in [1.29, 1.82) is 0 Å². The van der Waals surface area contributed by atoms with Crippen molar-refractivity contribution < 1.29 is 22.7 Å². The summed E-state index contributed by atoms with van der Waals surface area (Å²) in [5, 5.41) is 7.82. The van der Waals surface area contributed by atoms with Crippen LogP contribution in [-0.4, -0.2) is 20.7 Å². The number of amides is 1. The van der Waals surface area contributed by atoms with E-state index < -0.39 is 17.6 Å². The first kappa shape index (κ1) is 23.6. The molecule has 0 atom stereocenters. The molecule has 1 amide bonds. The molecule has 6 nitrogen and oxygen atoms in total. The smallest absolute Gasteiger partial charge is 0.416 e. The van der Waals surface area contributed by atoms with Crippen LogP contribution in [0.15, 0.2) is 79.0 Å². The topological polar surface area (TPSA) is 69.0 Å².